The second-order valence-corrected chi connectivity index (χ2v) is 6.50. The molecule has 0 fully saturated rings. The van der Waals surface area contributed by atoms with Crippen LogP contribution in [-0.4, -0.2) is 48.6 Å². The van der Waals surface area contributed by atoms with Crippen LogP contribution in [0, 0.1) is 0 Å². The maximum absolute atomic E-state index is 12.4. The predicted molar refractivity (Wildman–Crippen MR) is 113 cm³/mol. The standard InChI is InChI=1S/C18H17N7O2.C2H4O2/c19-15(9-11-10-20-16-4-2-1-3-14(11)16)17(26)21-12-5-7-13(8-6-12)27-18-22-24-25-23-18;1-2(3)4/h1-8,10,15,20H,9,19H2,(H,21,26)(H,22,23,24,25);1H3,(H,3,4)/t15-;/m0./s1. The normalized spacial score (nSPS) is 11.3. The van der Waals surface area contributed by atoms with Crippen molar-refractivity contribution in [3.05, 3.63) is 60.3 Å². The van der Waals surface area contributed by atoms with E-state index in [1.165, 1.54) is 0 Å². The second-order valence-electron chi connectivity index (χ2n) is 6.50. The zero-order valence-electron chi connectivity index (χ0n) is 16.6. The summed E-state index contributed by atoms with van der Waals surface area (Å²) in [6.45, 7) is 1.08. The predicted octanol–water partition coefficient (Wildman–Crippen LogP) is 2.07. The number of anilines is 1. The molecule has 6 N–H and O–H groups in total. The molecule has 1 atom stereocenters. The quantitative estimate of drug-likeness (QED) is 0.313. The number of aromatic nitrogens is 5. The Hall–Kier alpha value is -4.25. The van der Waals surface area contributed by atoms with E-state index < -0.39 is 12.0 Å². The van der Waals surface area contributed by atoms with E-state index >= 15 is 0 Å². The number of carbonyl (C=O) groups excluding carboxylic acids is 1. The molecule has 0 aliphatic carbocycles. The van der Waals surface area contributed by atoms with Crippen LogP contribution in [0.3, 0.4) is 0 Å². The molecule has 160 valence electrons. The summed E-state index contributed by atoms with van der Waals surface area (Å²) in [6.07, 6.45) is 2.33. The highest BCUT2D eigenvalue weighted by molar-refractivity contribution is 5.95. The number of ether oxygens (including phenoxy) is 1. The van der Waals surface area contributed by atoms with E-state index in [1.807, 2.05) is 30.5 Å². The van der Waals surface area contributed by atoms with Gasteiger partial charge in [-0.05, 0) is 47.5 Å². The fraction of sp³-hybridized carbons (Fsp3) is 0.150. The van der Waals surface area contributed by atoms with Crippen molar-refractivity contribution >= 4 is 28.5 Å². The minimum Gasteiger partial charge on any atom is -0.481 e. The van der Waals surface area contributed by atoms with Crippen molar-refractivity contribution in [2.45, 2.75) is 19.4 Å². The molecule has 1 amide bonds. The molecule has 2 aromatic carbocycles. The number of carboxylic acids is 1. The molecule has 4 rings (SSSR count). The molecule has 0 bridgehead atoms. The van der Waals surface area contributed by atoms with Gasteiger partial charge in [0.1, 0.15) is 5.75 Å². The Bertz CT molecular complexity index is 1140. The Labute approximate surface area is 176 Å². The van der Waals surface area contributed by atoms with Crippen LogP contribution >= 0.6 is 0 Å². The first kappa shape index (κ1) is 21.5. The topological polar surface area (TPSA) is 172 Å². The molecule has 0 aliphatic rings. The van der Waals surface area contributed by atoms with Gasteiger partial charge in [-0.1, -0.05) is 28.4 Å². The van der Waals surface area contributed by atoms with Crippen molar-refractivity contribution in [2.75, 3.05) is 5.32 Å². The van der Waals surface area contributed by atoms with Crippen LogP contribution in [0.25, 0.3) is 10.9 Å². The number of tetrazole rings is 1. The minimum absolute atomic E-state index is 0.118. The number of fused-ring (bicyclic) bond motifs is 1. The number of nitrogens with two attached hydrogens (primary N) is 1. The number of hydrogen-bond donors (Lipinski definition) is 5. The van der Waals surface area contributed by atoms with Gasteiger partial charge in [-0.15, -0.1) is 0 Å². The summed E-state index contributed by atoms with van der Waals surface area (Å²) in [5.41, 5.74) is 8.75. The van der Waals surface area contributed by atoms with Crippen LogP contribution in [0.15, 0.2) is 54.7 Å². The van der Waals surface area contributed by atoms with Crippen LogP contribution in [0.4, 0.5) is 5.69 Å². The van der Waals surface area contributed by atoms with Crippen molar-refractivity contribution in [3.63, 3.8) is 0 Å². The van der Waals surface area contributed by atoms with Crippen molar-refractivity contribution < 1.29 is 19.4 Å². The number of amides is 1. The van der Waals surface area contributed by atoms with Gasteiger partial charge in [0, 0.05) is 29.7 Å². The molecule has 0 radical (unpaired) electrons. The average Bonchev–Trinajstić information content (AvgIpc) is 3.39. The molecule has 11 heteroatoms. The van der Waals surface area contributed by atoms with E-state index in [2.05, 4.69) is 30.9 Å². The minimum atomic E-state index is -0.833. The number of nitrogens with one attached hydrogen (secondary N) is 3. The number of hydrogen-bond acceptors (Lipinski definition) is 7. The number of H-pyrrole nitrogens is 2. The molecule has 11 nitrogen and oxygen atoms in total. The van der Waals surface area contributed by atoms with Gasteiger partial charge < -0.3 is 25.9 Å². The highest BCUT2D eigenvalue weighted by atomic mass is 16.5. The Morgan fingerprint density at radius 2 is 1.90 bits per heavy atom. The van der Waals surface area contributed by atoms with Crippen molar-refractivity contribution in [1.82, 2.24) is 25.6 Å². The first-order chi connectivity index (χ1) is 14.9. The third-order valence-corrected chi connectivity index (χ3v) is 4.11. The molecule has 2 aromatic heterocycles. The summed E-state index contributed by atoms with van der Waals surface area (Å²) in [5, 5.41) is 24.4. The lowest BCUT2D eigenvalue weighted by Crippen LogP contribution is -2.37. The van der Waals surface area contributed by atoms with E-state index in [1.54, 1.807) is 24.3 Å². The zero-order valence-corrected chi connectivity index (χ0v) is 16.6. The number of carbonyl (C=O) groups is 2. The van der Waals surface area contributed by atoms with Crippen LogP contribution < -0.4 is 15.8 Å². The van der Waals surface area contributed by atoms with Gasteiger partial charge in [0.15, 0.2) is 0 Å². The van der Waals surface area contributed by atoms with Crippen LogP contribution in [0.5, 0.6) is 11.8 Å². The smallest absolute Gasteiger partial charge is 0.361 e. The Morgan fingerprint density at radius 3 is 2.58 bits per heavy atom. The molecule has 0 saturated heterocycles. The second kappa shape index (κ2) is 9.98. The lowest BCUT2D eigenvalue weighted by atomic mass is 10.0. The molecule has 0 saturated carbocycles. The van der Waals surface area contributed by atoms with Crippen molar-refractivity contribution in [2.24, 2.45) is 5.73 Å². The monoisotopic (exact) mass is 423 g/mol. The van der Waals surface area contributed by atoms with E-state index in [0.717, 1.165) is 23.4 Å². The number of rotatable bonds is 6. The molecule has 0 unspecified atom stereocenters. The van der Waals surface area contributed by atoms with Gasteiger partial charge in [-0.3, -0.25) is 9.59 Å². The maximum atomic E-state index is 12.4. The van der Waals surface area contributed by atoms with E-state index in [9.17, 15) is 4.79 Å². The summed E-state index contributed by atoms with van der Waals surface area (Å²) in [6, 6.07) is 14.2. The molecule has 31 heavy (non-hydrogen) atoms. The average molecular weight is 423 g/mol. The van der Waals surface area contributed by atoms with Gasteiger partial charge in [-0.2, -0.15) is 5.21 Å². The summed E-state index contributed by atoms with van der Waals surface area (Å²) < 4.78 is 5.38. The van der Waals surface area contributed by atoms with Gasteiger partial charge >= 0.3 is 6.01 Å². The first-order valence-corrected chi connectivity index (χ1v) is 9.24. The number of benzene rings is 2. The van der Waals surface area contributed by atoms with E-state index in [0.29, 0.717) is 17.9 Å². The fourth-order valence-electron chi connectivity index (χ4n) is 2.77. The summed E-state index contributed by atoms with van der Waals surface area (Å²) >= 11 is 0. The van der Waals surface area contributed by atoms with Gasteiger partial charge in [0.25, 0.3) is 5.97 Å². The number of aromatic amines is 2. The molecule has 2 heterocycles. The zero-order chi connectivity index (χ0) is 22.2. The number of nitrogens with zero attached hydrogens (tertiary/aromatic N) is 3. The molecular formula is C20H21N7O4. The third-order valence-electron chi connectivity index (χ3n) is 4.11. The number of aliphatic carboxylic acids is 1. The van der Waals surface area contributed by atoms with E-state index in [4.69, 9.17) is 20.4 Å². The highest BCUT2D eigenvalue weighted by Crippen LogP contribution is 2.21. The summed E-state index contributed by atoms with van der Waals surface area (Å²) in [4.78, 5) is 24.6. The lowest BCUT2D eigenvalue weighted by molar-refractivity contribution is -0.134. The Kier molecular flexibility index (Phi) is 6.91. The lowest BCUT2D eigenvalue weighted by Gasteiger charge is -2.12. The number of para-hydroxylation sites is 1. The fourth-order valence-corrected chi connectivity index (χ4v) is 2.77. The molecule has 0 spiro atoms. The van der Waals surface area contributed by atoms with Crippen LogP contribution in [0.2, 0.25) is 0 Å². The highest BCUT2D eigenvalue weighted by Gasteiger charge is 2.16. The molecule has 4 aromatic rings. The van der Waals surface area contributed by atoms with Crippen LogP contribution in [-0.2, 0) is 16.0 Å². The molecular weight excluding hydrogens is 402 g/mol. The SMILES string of the molecule is CC(=O)O.N[C@@H](Cc1c[nH]c2ccccc12)C(=O)Nc1ccc(Oc2nn[nH]n2)cc1. The van der Waals surface area contributed by atoms with Crippen LogP contribution in [0.1, 0.15) is 12.5 Å². The molecule has 0 aliphatic heterocycles. The first-order valence-electron chi connectivity index (χ1n) is 9.24. The van der Waals surface area contributed by atoms with Gasteiger partial charge in [-0.25, -0.2) is 0 Å². The summed E-state index contributed by atoms with van der Waals surface area (Å²) in [7, 11) is 0. The van der Waals surface area contributed by atoms with Gasteiger partial charge in [0.2, 0.25) is 5.91 Å². The Balaban J connectivity index is 0.000000628. The Morgan fingerprint density at radius 1 is 1.19 bits per heavy atom. The maximum Gasteiger partial charge on any atom is 0.361 e. The third kappa shape index (κ3) is 6.11. The summed E-state index contributed by atoms with van der Waals surface area (Å²) in [5.74, 6) is -0.565. The van der Waals surface area contributed by atoms with Crippen molar-refractivity contribution in [1.29, 1.82) is 0 Å². The van der Waals surface area contributed by atoms with Crippen molar-refractivity contribution in [3.8, 4) is 11.8 Å². The van der Waals surface area contributed by atoms with E-state index in [-0.39, 0.29) is 11.9 Å². The van der Waals surface area contributed by atoms with Gasteiger partial charge in [0.05, 0.1) is 6.04 Å². The number of carboxylic acid groups (broad SMARTS) is 1. The largest absolute Gasteiger partial charge is 0.481 e.